The Bertz CT molecular complexity index is 183. The molecule has 0 aromatic rings. The van der Waals surface area contributed by atoms with Gasteiger partial charge in [-0.3, -0.25) is 0 Å². The molecular formula is C18H39NO3. The van der Waals surface area contributed by atoms with E-state index in [0.29, 0.717) is 26.4 Å². The maximum Gasteiger partial charge on any atom is 0.0701 e. The fraction of sp³-hybridized carbons (Fsp3) is 1.00. The summed E-state index contributed by atoms with van der Waals surface area (Å²) >= 11 is 0. The van der Waals surface area contributed by atoms with E-state index in [9.17, 15) is 0 Å². The summed E-state index contributed by atoms with van der Waals surface area (Å²) in [5, 5.41) is 0. The quantitative estimate of drug-likeness (QED) is 0.360. The number of hydrogen-bond donors (Lipinski definition) is 0. The fourth-order valence-corrected chi connectivity index (χ4v) is 2.31. The number of rotatable bonds is 18. The molecule has 0 aliphatic heterocycles. The average molecular weight is 318 g/mol. The molecule has 4 nitrogen and oxygen atoms in total. The van der Waals surface area contributed by atoms with Gasteiger partial charge in [0.15, 0.2) is 0 Å². The lowest BCUT2D eigenvalue weighted by atomic mass is 10.1. The first-order chi connectivity index (χ1) is 10.8. The van der Waals surface area contributed by atoms with Crippen LogP contribution in [0.15, 0.2) is 0 Å². The van der Waals surface area contributed by atoms with Crippen LogP contribution in [0.3, 0.4) is 0 Å². The van der Waals surface area contributed by atoms with E-state index in [1.165, 1.54) is 57.9 Å². The molecule has 0 aliphatic rings. The molecule has 0 aliphatic carbocycles. The smallest absolute Gasteiger partial charge is 0.0701 e. The SMILES string of the molecule is CCCCCCCCCCN(C)CCOCCOCCOC. The normalized spacial score (nSPS) is 11.5. The van der Waals surface area contributed by atoms with Gasteiger partial charge in [-0.15, -0.1) is 0 Å². The summed E-state index contributed by atoms with van der Waals surface area (Å²) in [6.07, 6.45) is 11.1. The largest absolute Gasteiger partial charge is 0.382 e. The number of nitrogens with zero attached hydrogens (tertiary/aromatic N) is 1. The van der Waals surface area contributed by atoms with Gasteiger partial charge < -0.3 is 19.1 Å². The highest BCUT2D eigenvalue weighted by Gasteiger charge is 1.99. The number of hydrogen-bond acceptors (Lipinski definition) is 4. The van der Waals surface area contributed by atoms with Crippen molar-refractivity contribution in [3.63, 3.8) is 0 Å². The minimum Gasteiger partial charge on any atom is -0.382 e. The maximum atomic E-state index is 5.56. The molecule has 0 fully saturated rings. The highest BCUT2D eigenvalue weighted by molar-refractivity contribution is 4.52. The van der Waals surface area contributed by atoms with Crippen molar-refractivity contribution in [2.24, 2.45) is 0 Å². The molecule has 0 bridgehead atoms. The molecule has 0 saturated heterocycles. The molecule has 0 heterocycles. The standard InChI is InChI=1S/C18H39NO3/c1-4-5-6-7-8-9-10-11-12-19(2)13-14-21-17-18-22-16-15-20-3/h4-18H2,1-3H3. The summed E-state index contributed by atoms with van der Waals surface area (Å²) < 4.78 is 15.8. The molecule has 0 atom stereocenters. The van der Waals surface area contributed by atoms with Crippen molar-refractivity contribution in [1.29, 1.82) is 0 Å². The van der Waals surface area contributed by atoms with Gasteiger partial charge in [0.1, 0.15) is 0 Å². The van der Waals surface area contributed by atoms with Crippen LogP contribution in [0.1, 0.15) is 58.3 Å². The Labute approximate surface area is 138 Å². The van der Waals surface area contributed by atoms with E-state index in [1.54, 1.807) is 7.11 Å². The Morgan fingerprint density at radius 2 is 1.18 bits per heavy atom. The number of likely N-dealkylation sites (N-methyl/N-ethyl adjacent to an activating group) is 1. The van der Waals surface area contributed by atoms with Gasteiger partial charge in [0.2, 0.25) is 0 Å². The summed E-state index contributed by atoms with van der Waals surface area (Å²) in [6, 6.07) is 0. The number of methoxy groups -OCH3 is 1. The molecule has 0 aromatic heterocycles. The van der Waals surface area contributed by atoms with E-state index in [0.717, 1.165) is 13.2 Å². The molecule has 0 saturated carbocycles. The molecule has 0 rings (SSSR count). The van der Waals surface area contributed by atoms with Crippen LogP contribution in [-0.2, 0) is 14.2 Å². The predicted molar refractivity (Wildman–Crippen MR) is 93.6 cm³/mol. The molecule has 0 aromatic carbocycles. The van der Waals surface area contributed by atoms with Crippen molar-refractivity contribution in [3.8, 4) is 0 Å². The molecule has 0 unspecified atom stereocenters. The van der Waals surface area contributed by atoms with E-state index in [1.807, 2.05) is 0 Å². The lowest BCUT2D eigenvalue weighted by molar-refractivity contribution is 0.0208. The van der Waals surface area contributed by atoms with Crippen LogP contribution in [0, 0.1) is 0 Å². The molecule has 0 spiro atoms. The molecule has 22 heavy (non-hydrogen) atoms. The summed E-state index contributed by atoms with van der Waals surface area (Å²) in [4.78, 5) is 2.36. The second-order valence-corrected chi connectivity index (χ2v) is 6.00. The first kappa shape index (κ1) is 21.8. The highest BCUT2D eigenvalue weighted by Crippen LogP contribution is 2.08. The summed E-state index contributed by atoms with van der Waals surface area (Å²) in [7, 11) is 3.86. The van der Waals surface area contributed by atoms with Crippen LogP contribution in [0.4, 0.5) is 0 Å². The van der Waals surface area contributed by atoms with Crippen molar-refractivity contribution >= 4 is 0 Å². The fourth-order valence-electron chi connectivity index (χ4n) is 2.31. The van der Waals surface area contributed by atoms with Crippen molar-refractivity contribution < 1.29 is 14.2 Å². The lowest BCUT2D eigenvalue weighted by Gasteiger charge is -2.16. The molecule has 0 amide bonds. The van der Waals surface area contributed by atoms with Gasteiger partial charge in [-0.2, -0.15) is 0 Å². The van der Waals surface area contributed by atoms with Crippen LogP contribution in [-0.4, -0.2) is 65.2 Å². The Morgan fingerprint density at radius 1 is 0.636 bits per heavy atom. The van der Waals surface area contributed by atoms with E-state index in [-0.39, 0.29) is 0 Å². The number of unbranched alkanes of at least 4 members (excludes halogenated alkanes) is 7. The third-order valence-corrected chi connectivity index (χ3v) is 3.81. The minimum absolute atomic E-state index is 0.651. The Balaban J connectivity index is 3.11. The van der Waals surface area contributed by atoms with Gasteiger partial charge in [-0.1, -0.05) is 51.9 Å². The first-order valence-electron chi connectivity index (χ1n) is 9.14. The van der Waals surface area contributed by atoms with Gasteiger partial charge in [-0.05, 0) is 20.0 Å². The topological polar surface area (TPSA) is 30.9 Å². The van der Waals surface area contributed by atoms with E-state index in [2.05, 4.69) is 18.9 Å². The van der Waals surface area contributed by atoms with Gasteiger partial charge in [0.25, 0.3) is 0 Å². The predicted octanol–water partition coefficient (Wildman–Crippen LogP) is 3.74. The van der Waals surface area contributed by atoms with Gasteiger partial charge >= 0.3 is 0 Å². The average Bonchev–Trinajstić information content (AvgIpc) is 2.52. The monoisotopic (exact) mass is 317 g/mol. The molecule has 0 N–H and O–H groups in total. The van der Waals surface area contributed by atoms with Gasteiger partial charge in [0, 0.05) is 13.7 Å². The van der Waals surface area contributed by atoms with Crippen LogP contribution < -0.4 is 0 Å². The Morgan fingerprint density at radius 3 is 1.82 bits per heavy atom. The molecule has 134 valence electrons. The van der Waals surface area contributed by atoms with Crippen LogP contribution in [0.2, 0.25) is 0 Å². The lowest BCUT2D eigenvalue weighted by Crippen LogP contribution is -2.25. The van der Waals surface area contributed by atoms with E-state index >= 15 is 0 Å². The molecule has 0 radical (unpaired) electrons. The van der Waals surface area contributed by atoms with Crippen molar-refractivity contribution in [1.82, 2.24) is 4.90 Å². The van der Waals surface area contributed by atoms with Crippen LogP contribution in [0.25, 0.3) is 0 Å². The Kier molecular flexibility index (Phi) is 18.8. The zero-order valence-corrected chi connectivity index (χ0v) is 15.3. The van der Waals surface area contributed by atoms with Gasteiger partial charge in [-0.25, -0.2) is 0 Å². The maximum absolute atomic E-state index is 5.56. The number of ether oxygens (including phenoxy) is 3. The summed E-state index contributed by atoms with van der Waals surface area (Å²) in [5.74, 6) is 0. The van der Waals surface area contributed by atoms with Crippen LogP contribution >= 0.6 is 0 Å². The molecular weight excluding hydrogens is 278 g/mol. The zero-order chi connectivity index (χ0) is 16.3. The second kappa shape index (κ2) is 18.9. The van der Waals surface area contributed by atoms with Crippen molar-refractivity contribution in [2.45, 2.75) is 58.3 Å². The second-order valence-electron chi connectivity index (χ2n) is 6.00. The van der Waals surface area contributed by atoms with Crippen molar-refractivity contribution in [2.75, 3.05) is 60.3 Å². The van der Waals surface area contributed by atoms with E-state index in [4.69, 9.17) is 14.2 Å². The Hall–Kier alpha value is -0.160. The summed E-state index contributed by atoms with van der Waals surface area (Å²) in [6.45, 7) is 7.90. The highest BCUT2D eigenvalue weighted by atomic mass is 16.5. The van der Waals surface area contributed by atoms with E-state index < -0.39 is 0 Å². The molecule has 4 heteroatoms. The summed E-state index contributed by atoms with van der Waals surface area (Å²) in [5.41, 5.74) is 0. The van der Waals surface area contributed by atoms with Crippen LogP contribution in [0.5, 0.6) is 0 Å². The third kappa shape index (κ3) is 17.9. The third-order valence-electron chi connectivity index (χ3n) is 3.81. The first-order valence-corrected chi connectivity index (χ1v) is 9.14. The minimum atomic E-state index is 0.651. The van der Waals surface area contributed by atoms with Crippen molar-refractivity contribution in [3.05, 3.63) is 0 Å². The zero-order valence-electron chi connectivity index (χ0n) is 15.3. The van der Waals surface area contributed by atoms with Gasteiger partial charge in [0.05, 0.1) is 33.0 Å².